The molecule has 0 unspecified atom stereocenters. The smallest absolute Gasteiger partial charge is 0.254 e. The first-order chi connectivity index (χ1) is 8.08. The van der Waals surface area contributed by atoms with Gasteiger partial charge in [-0.15, -0.1) is 11.6 Å². The highest BCUT2D eigenvalue weighted by Crippen LogP contribution is 2.09. The molecule has 1 aromatic carbocycles. The van der Waals surface area contributed by atoms with E-state index in [2.05, 4.69) is 0 Å². The van der Waals surface area contributed by atoms with Gasteiger partial charge in [-0.05, 0) is 24.6 Å². The number of rotatable bonds is 5. The van der Waals surface area contributed by atoms with E-state index in [4.69, 9.17) is 17.3 Å². The fourth-order valence-corrected chi connectivity index (χ4v) is 1.61. The average Bonchev–Trinajstić information content (AvgIpc) is 2.35. The van der Waals surface area contributed by atoms with Crippen molar-refractivity contribution in [2.75, 3.05) is 13.1 Å². The molecule has 0 spiro atoms. The predicted octanol–water partition coefficient (Wildman–Crippen LogP) is 1.37. The van der Waals surface area contributed by atoms with Gasteiger partial charge in [0.25, 0.3) is 5.91 Å². The second-order valence-corrected chi connectivity index (χ2v) is 3.88. The Bertz CT molecular complexity index is 403. The number of benzene rings is 1. The zero-order valence-corrected chi connectivity index (χ0v) is 10.4. The van der Waals surface area contributed by atoms with Crippen LogP contribution in [0, 0.1) is 0 Å². The molecule has 0 bridgehead atoms. The van der Waals surface area contributed by atoms with Gasteiger partial charge in [-0.25, -0.2) is 0 Å². The lowest BCUT2D eigenvalue weighted by Gasteiger charge is -2.19. The summed E-state index contributed by atoms with van der Waals surface area (Å²) in [5.41, 5.74) is 6.56. The monoisotopic (exact) mass is 254 g/mol. The molecule has 17 heavy (non-hydrogen) atoms. The molecule has 2 N–H and O–H groups in total. The molecule has 5 heteroatoms. The van der Waals surface area contributed by atoms with Crippen LogP contribution < -0.4 is 5.73 Å². The normalized spacial score (nSPS) is 10.0. The van der Waals surface area contributed by atoms with Crippen LogP contribution >= 0.6 is 11.6 Å². The summed E-state index contributed by atoms with van der Waals surface area (Å²) >= 11 is 5.66. The number of primary amides is 1. The first-order valence-corrected chi connectivity index (χ1v) is 5.84. The summed E-state index contributed by atoms with van der Waals surface area (Å²) in [7, 11) is 0. The van der Waals surface area contributed by atoms with Gasteiger partial charge in [0.15, 0.2) is 0 Å². The Hall–Kier alpha value is -1.55. The van der Waals surface area contributed by atoms with Gasteiger partial charge in [-0.3, -0.25) is 9.59 Å². The van der Waals surface area contributed by atoms with Crippen molar-refractivity contribution >= 4 is 23.4 Å². The number of hydrogen-bond acceptors (Lipinski definition) is 2. The van der Waals surface area contributed by atoms with Gasteiger partial charge in [0.1, 0.15) is 0 Å². The third kappa shape index (κ3) is 3.75. The first kappa shape index (κ1) is 13.5. The van der Waals surface area contributed by atoms with Crippen molar-refractivity contribution in [2.24, 2.45) is 5.73 Å². The standard InChI is InChI=1S/C12H15ClN2O2/c1-2-15(8-11(14)16)12(17)10-5-3-9(7-13)4-6-10/h3-6H,2,7-8H2,1H3,(H2,14,16). The highest BCUT2D eigenvalue weighted by atomic mass is 35.5. The van der Waals surface area contributed by atoms with E-state index in [1.165, 1.54) is 4.90 Å². The maximum absolute atomic E-state index is 12.0. The van der Waals surface area contributed by atoms with Gasteiger partial charge in [-0.2, -0.15) is 0 Å². The zero-order valence-electron chi connectivity index (χ0n) is 9.65. The van der Waals surface area contributed by atoms with Gasteiger partial charge in [-0.1, -0.05) is 12.1 Å². The van der Waals surface area contributed by atoms with Crippen LogP contribution in [0.25, 0.3) is 0 Å². The molecule has 0 fully saturated rings. The molecule has 92 valence electrons. The number of nitrogens with two attached hydrogens (primary N) is 1. The van der Waals surface area contributed by atoms with Crippen molar-refractivity contribution in [1.82, 2.24) is 4.90 Å². The number of carbonyl (C=O) groups excluding carboxylic acids is 2. The fraction of sp³-hybridized carbons (Fsp3) is 0.333. The lowest BCUT2D eigenvalue weighted by atomic mass is 10.1. The fourth-order valence-electron chi connectivity index (χ4n) is 1.43. The van der Waals surface area contributed by atoms with E-state index >= 15 is 0 Å². The zero-order chi connectivity index (χ0) is 12.8. The summed E-state index contributed by atoms with van der Waals surface area (Å²) < 4.78 is 0. The molecule has 0 heterocycles. The Morgan fingerprint density at radius 3 is 2.29 bits per heavy atom. The number of nitrogens with zero attached hydrogens (tertiary/aromatic N) is 1. The predicted molar refractivity (Wildman–Crippen MR) is 66.8 cm³/mol. The molecule has 0 radical (unpaired) electrons. The molecule has 4 nitrogen and oxygen atoms in total. The molecule has 1 aromatic rings. The number of likely N-dealkylation sites (N-methyl/N-ethyl adjacent to an activating group) is 1. The van der Waals surface area contributed by atoms with Gasteiger partial charge in [0.05, 0.1) is 6.54 Å². The summed E-state index contributed by atoms with van der Waals surface area (Å²) in [6.07, 6.45) is 0. The minimum Gasteiger partial charge on any atom is -0.368 e. The van der Waals surface area contributed by atoms with Crippen LogP contribution in [0.1, 0.15) is 22.8 Å². The summed E-state index contributed by atoms with van der Waals surface area (Å²) in [6.45, 7) is 2.18. The summed E-state index contributed by atoms with van der Waals surface area (Å²) in [4.78, 5) is 24.2. The van der Waals surface area contributed by atoms with Crippen molar-refractivity contribution in [3.8, 4) is 0 Å². The van der Waals surface area contributed by atoms with Crippen LogP contribution in [0.4, 0.5) is 0 Å². The highest BCUT2D eigenvalue weighted by molar-refractivity contribution is 6.17. The quantitative estimate of drug-likeness (QED) is 0.807. The van der Waals surface area contributed by atoms with E-state index < -0.39 is 5.91 Å². The van der Waals surface area contributed by atoms with E-state index in [0.717, 1.165) is 5.56 Å². The van der Waals surface area contributed by atoms with E-state index in [0.29, 0.717) is 18.0 Å². The molecule has 0 atom stereocenters. The number of amides is 2. The third-order valence-corrected chi connectivity index (χ3v) is 2.68. The second-order valence-electron chi connectivity index (χ2n) is 3.62. The van der Waals surface area contributed by atoms with E-state index in [1.54, 1.807) is 31.2 Å². The van der Waals surface area contributed by atoms with Crippen molar-refractivity contribution in [3.05, 3.63) is 35.4 Å². The maximum atomic E-state index is 12.0. The summed E-state index contributed by atoms with van der Waals surface area (Å²) in [6, 6.07) is 6.98. The van der Waals surface area contributed by atoms with Crippen LogP contribution in [0.2, 0.25) is 0 Å². The van der Waals surface area contributed by atoms with Gasteiger partial charge >= 0.3 is 0 Å². The molecular weight excluding hydrogens is 240 g/mol. The van der Waals surface area contributed by atoms with Crippen LogP contribution in [-0.4, -0.2) is 29.8 Å². The summed E-state index contributed by atoms with van der Waals surface area (Å²) in [5.74, 6) is -0.308. The number of halogens is 1. The van der Waals surface area contributed by atoms with E-state index in [1.807, 2.05) is 0 Å². The Kier molecular flexibility index (Phi) is 4.97. The minimum absolute atomic E-state index is 0.0629. The Morgan fingerprint density at radius 2 is 1.88 bits per heavy atom. The Morgan fingerprint density at radius 1 is 1.29 bits per heavy atom. The lowest BCUT2D eigenvalue weighted by Crippen LogP contribution is -2.38. The first-order valence-electron chi connectivity index (χ1n) is 5.31. The molecule has 0 saturated carbocycles. The van der Waals surface area contributed by atoms with Gasteiger partial charge in [0, 0.05) is 18.0 Å². The maximum Gasteiger partial charge on any atom is 0.254 e. The minimum atomic E-state index is -0.516. The van der Waals surface area contributed by atoms with Crippen LogP contribution in [0.15, 0.2) is 24.3 Å². The van der Waals surface area contributed by atoms with Crippen molar-refractivity contribution in [3.63, 3.8) is 0 Å². The van der Waals surface area contributed by atoms with Crippen molar-refractivity contribution < 1.29 is 9.59 Å². The number of hydrogen-bond donors (Lipinski definition) is 1. The highest BCUT2D eigenvalue weighted by Gasteiger charge is 2.15. The third-order valence-electron chi connectivity index (χ3n) is 2.37. The van der Waals surface area contributed by atoms with E-state index in [-0.39, 0.29) is 12.5 Å². The molecule has 2 amide bonds. The Balaban J connectivity index is 2.82. The summed E-state index contributed by atoms with van der Waals surface area (Å²) in [5, 5.41) is 0. The molecule has 0 aromatic heterocycles. The van der Waals surface area contributed by atoms with Crippen molar-refractivity contribution in [2.45, 2.75) is 12.8 Å². The largest absolute Gasteiger partial charge is 0.368 e. The van der Waals surface area contributed by atoms with E-state index in [9.17, 15) is 9.59 Å². The Labute approximate surface area is 105 Å². The van der Waals surface area contributed by atoms with Gasteiger partial charge in [0.2, 0.25) is 5.91 Å². The number of alkyl halides is 1. The van der Waals surface area contributed by atoms with Crippen LogP contribution in [0.5, 0.6) is 0 Å². The molecular formula is C12H15ClN2O2. The molecule has 0 aliphatic carbocycles. The van der Waals surface area contributed by atoms with Gasteiger partial charge < -0.3 is 10.6 Å². The van der Waals surface area contributed by atoms with Crippen LogP contribution in [-0.2, 0) is 10.7 Å². The lowest BCUT2D eigenvalue weighted by molar-refractivity contribution is -0.118. The molecule has 0 aliphatic rings. The number of carbonyl (C=O) groups is 2. The molecule has 0 saturated heterocycles. The average molecular weight is 255 g/mol. The molecule has 1 rings (SSSR count). The molecule has 0 aliphatic heterocycles. The SMILES string of the molecule is CCN(CC(N)=O)C(=O)c1ccc(CCl)cc1. The topological polar surface area (TPSA) is 63.4 Å². The van der Waals surface area contributed by atoms with Crippen molar-refractivity contribution in [1.29, 1.82) is 0 Å². The van der Waals surface area contributed by atoms with Crippen LogP contribution in [0.3, 0.4) is 0 Å². The second kappa shape index (κ2) is 6.25.